The average Bonchev–Trinajstić information content (AvgIpc) is 2.65. The second-order valence-electron chi connectivity index (χ2n) is 5.66. The molecule has 1 N–H and O–H groups in total. The van der Waals surface area contributed by atoms with E-state index in [9.17, 15) is 14.0 Å². The van der Waals surface area contributed by atoms with Crippen LogP contribution in [0.1, 0.15) is 21.6 Å². The molecule has 0 radical (unpaired) electrons. The van der Waals surface area contributed by atoms with Crippen molar-refractivity contribution in [2.24, 2.45) is 0 Å². The maximum Gasteiger partial charge on any atom is 0.276 e. The standard InChI is InChI=1S/C19H12ClFN4O2/c1-11-2-4-14(9-15(11)20)25-18(26)7-6-17(24-25)19(27)23-16-5-3-13(21)8-12(16)10-22/h2-9H,1H3,(H,23,27). The number of hydrogen-bond donors (Lipinski definition) is 1. The summed E-state index contributed by atoms with van der Waals surface area (Å²) in [5.74, 6) is -1.24. The van der Waals surface area contributed by atoms with Crippen molar-refractivity contribution in [1.29, 1.82) is 5.26 Å². The number of halogens is 2. The van der Waals surface area contributed by atoms with Crippen LogP contribution in [0, 0.1) is 24.1 Å². The Morgan fingerprint density at radius 1 is 1.22 bits per heavy atom. The molecule has 8 heteroatoms. The summed E-state index contributed by atoms with van der Waals surface area (Å²) in [4.78, 5) is 24.6. The lowest BCUT2D eigenvalue weighted by atomic mass is 10.2. The molecule has 6 nitrogen and oxygen atoms in total. The predicted molar refractivity (Wildman–Crippen MR) is 98.6 cm³/mol. The van der Waals surface area contributed by atoms with E-state index in [0.29, 0.717) is 10.7 Å². The van der Waals surface area contributed by atoms with Gasteiger partial charge in [0.25, 0.3) is 11.5 Å². The first kappa shape index (κ1) is 18.3. The van der Waals surface area contributed by atoms with Crippen LogP contribution in [0.2, 0.25) is 5.02 Å². The van der Waals surface area contributed by atoms with Gasteiger partial charge in [0.1, 0.15) is 17.6 Å². The molecule has 1 amide bonds. The highest BCUT2D eigenvalue weighted by Gasteiger charge is 2.14. The van der Waals surface area contributed by atoms with Gasteiger partial charge in [-0.1, -0.05) is 17.7 Å². The number of nitrogens with zero attached hydrogens (tertiary/aromatic N) is 3. The maximum absolute atomic E-state index is 13.2. The molecular weight excluding hydrogens is 371 g/mol. The molecule has 0 saturated carbocycles. The summed E-state index contributed by atoms with van der Waals surface area (Å²) in [6.45, 7) is 1.82. The van der Waals surface area contributed by atoms with Gasteiger partial charge in [0.05, 0.1) is 16.9 Å². The Balaban J connectivity index is 1.96. The van der Waals surface area contributed by atoms with Crippen molar-refractivity contribution in [3.8, 4) is 11.8 Å². The molecule has 0 fully saturated rings. The van der Waals surface area contributed by atoms with Crippen LogP contribution < -0.4 is 10.9 Å². The monoisotopic (exact) mass is 382 g/mol. The van der Waals surface area contributed by atoms with Gasteiger partial charge < -0.3 is 5.32 Å². The third kappa shape index (κ3) is 3.86. The fourth-order valence-electron chi connectivity index (χ4n) is 2.34. The van der Waals surface area contributed by atoms with Crippen molar-refractivity contribution in [2.75, 3.05) is 5.32 Å². The molecule has 2 aromatic carbocycles. The topological polar surface area (TPSA) is 87.8 Å². The van der Waals surface area contributed by atoms with Crippen LogP contribution in [0.3, 0.4) is 0 Å². The lowest BCUT2D eigenvalue weighted by Gasteiger charge is -2.09. The summed E-state index contributed by atoms with van der Waals surface area (Å²) < 4.78 is 14.3. The molecule has 3 aromatic rings. The number of carbonyl (C=O) groups excluding carboxylic acids is 1. The Bertz CT molecular complexity index is 1150. The van der Waals surface area contributed by atoms with Crippen molar-refractivity contribution in [2.45, 2.75) is 6.92 Å². The van der Waals surface area contributed by atoms with Gasteiger partial charge >= 0.3 is 0 Å². The summed E-state index contributed by atoms with van der Waals surface area (Å²) in [6, 6.07) is 12.6. The number of aryl methyl sites for hydroxylation is 1. The van der Waals surface area contributed by atoms with Crippen molar-refractivity contribution >= 4 is 23.2 Å². The predicted octanol–water partition coefficient (Wildman–Crippen LogP) is 3.46. The lowest BCUT2D eigenvalue weighted by Crippen LogP contribution is -2.25. The largest absolute Gasteiger partial charge is 0.319 e. The fourth-order valence-corrected chi connectivity index (χ4v) is 2.51. The van der Waals surface area contributed by atoms with Crippen LogP contribution in [0.4, 0.5) is 10.1 Å². The number of nitriles is 1. The number of nitrogens with one attached hydrogen (secondary N) is 1. The number of rotatable bonds is 3. The number of carbonyl (C=O) groups is 1. The smallest absolute Gasteiger partial charge is 0.276 e. The quantitative estimate of drug-likeness (QED) is 0.751. The summed E-state index contributed by atoms with van der Waals surface area (Å²) in [5, 5.41) is 16.1. The third-order valence-electron chi connectivity index (χ3n) is 3.78. The molecule has 0 aliphatic heterocycles. The van der Waals surface area contributed by atoms with Crippen molar-refractivity contribution in [3.63, 3.8) is 0 Å². The van der Waals surface area contributed by atoms with Crippen LogP contribution in [-0.4, -0.2) is 15.7 Å². The number of benzene rings is 2. The summed E-state index contributed by atoms with van der Waals surface area (Å²) >= 11 is 6.09. The van der Waals surface area contributed by atoms with Crippen LogP contribution >= 0.6 is 11.6 Å². The van der Waals surface area contributed by atoms with Gasteiger partial charge in [0, 0.05) is 11.1 Å². The van der Waals surface area contributed by atoms with E-state index in [2.05, 4.69) is 10.4 Å². The second kappa shape index (κ2) is 7.40. The Labute approximate surface area is 158 Å². The molecule has 134 valence electrons. The highest BCUT2D eigenvalue weighted by atomic mass is 35.5. The molecular formula is C19H12ClFN4O2. The van der Waals surface area contributed by atoms with Gasteiger partial charge in [-0.05, 0) is 48.9 Å². The van der Waals surface area contributed by atoms with Gasteiger partial charge in [-0.2, -0.15) is 15.0 Å². The zero-order valence-corrected chi connectivity index (χ0v) is 14.8. The first-order valence-electron chi connectivity index (χ1n) is 7.77. The minimum atomic E-state index is -0.648. The van der Waals surface area contributed by atoms with Crippen LogP contribution in [0.5, 0.6) is 0 Å². The molecule has 1 aromatic heterocycles. The lowest BCUT2D eigenvalue weighted by molar-refractivity contribution is 0.102. The van der Waals surface area contributed by atoms with Gasteiger partial charge in [-0.15, -0.1) is 0 Å². The van der Waals surface area contributed by atoms with E-state index in [0.717, 1.165) is 22.4 Å². The normalized spacial score (nSPS) is 10.3. The van der Waals surface area contributed by atoms with E-state index in [1.54, 1.807) is 24.3 Å². The molecule has 27 heavy (non-hydrogen) atoms. The number of anilines is 1. The van der Waals surface area contributed by atoms with Crippen molar-refractivity contribution in [1.82, 2.24) is 9.78 Å². The summed E-state index contributed by atoms with van der Waals surface area (Å²) in [6.07, 6.45) is 0. The minimum Gasteiger partial charge on any atom is -0.319 e. The second-order valence-corrected chi connectivity index (χ2v) is 6.07. The zero-order valence-electron chi connectivity index (χ0n) is 14.0. The molecule has 1 heterocycles. The SMILES string of the molecule is Cc1ccc(-n2nc(C(=O)Nc3ccc(F)cc3C#N)ccc2=O)cc1Cl. The van der Waals surface area contributed by atoms with Gasteiger partial charge in [0.2, 0.25) is 0 Å². The number of aromatic nitrogens is 2. The van der Waals surface area contributed by atoms with Crippen LogP contribution in [0.15, 0.2) is 53.3 Å². The van der Waals surface area contributed by atoms with Crippen molar-refractivity contribution in [3.05, 3.63) is 86.5 Å². The Morgan fingerprint density at radius 3 is 2.70 bits per heavy atom. The van der Waals surface area contributed by atoms with Gasteiger partial charge in [-0.3, -0.25) is 9.59 Å². The molecule has 0 bridgehead atoms. The highest BCUT2D eigenvalue weighted by Crippen LogP contribution is 2.19. The van der Waals surface area contributed by atoms with E-state index in [4.69, 9.17) is 16.9 Å². The molecule has 0 saturated heterocycles. The first-order valence-corrected chi connectivity index (χ1v) is 8.15. The molecule has 0 aliphatic rings. The van der Waals surface area contributed by atoms with Crippen LogP contribution in [0.25, 0.3) is 5.69 Å². The number of hydrogen-bond acceptors (Lipinski definition) is 4. The zero-order chi connectivity index (χ0) is 19.6. The van der Waals surface area contributed by atoms with E-state index in [1.807, 2.05) is 6.92 Å². The van der Waals surface area contributed by atoms with Crippen molar-refractivity contribution < 1.29 is 9.18 Å². The Hall–Kier alpha value is -3.50. The molecule has 0 unspecified atom stereocenters. The fraction of sp³-hybridized carbons (Fsp3) is 0.0526. The van der Waals surface area contributed by atoms with Gasteiger partial charge in [-0.25, -0.2) is 4.39 Å². The average molecular weight is 383 g/mol. The number of amides is 1. The molecule has 3 rings (SSSR count). The highest BCUT2D eigenvalue weighted by molar-refractivity contribution is 6.31. The van der Waals surface area contributed by atoms with Gasteiger partial charge in [0.15, 0.2) is 0 Å². The van der Waals surface area contributed by atoms with E-state index in [1.165, 1.54) is 18.2 Å². The first-order chi connectivity index (χ1) is 12.9. The third-order valence-corrected chi connectivity index (χ3v) is 4.19. The minimum absolute atomic E-state index is 0.0259. The summed E-state index contributed by atoms with van der Waals surface area (Å²) in [5.41, 5.74) is 0.863. The van der Waals surface area contributed by atoms with E-state index >= 15 is 0 Å². The van der Waals surface area contributed by atoms with E-state index in [-0.39, 0.29) is 16.9 Å². The Kier molecular flexibility index (Phi) is 5.01. The maximum atomic E-state index is 13.2. The van der Waals surface area contributed by atoms with Crippen LogP contribution in [-0.2, 0) is 0 Å². The summed E-state index contributed by atoms with van der Waals surface area (Å²) in [7, 11) is 0. The molecule has 0 atom stereocenters. The molecule has 0 spiro atoms. The molecule has 0 aliphatic carbocycles. The Morgan fingerprint density at radius 2 is 2.00 bits per heavy atom. The van der Waals surface area contributed by atoms with E-state index < -0.39 is 17.3 Å².